The van der Waals surface area contributed by atoms with Crippen molar-refractivity contribution in [3.05, 3.63) is 63.6 Å². The molecule has 1 aromatic heterocycles. The van der Waals surface area contributed by atoms with Gasteiger partial charge in [0.15, 0.2) is 4.34 Å². The summed E-state index contributed by atoms with van der Waals surface area (Å²) in [6.45, 7) is 0. The van der Waals surface area contributed by atoms with E-state index in [4.69, 9.17) is 23.2 Å². The van der Waals surface area contributed by atoms with Gasteiger partial charge in [-0.15, -0.1) is 10.2 Å². The highest BCUT2D eigenvalue weighted by atomic mass is 35.5. The molecule has 0 aliphatic heterocycles. The summed E-state index contributed by atoms with van der Waals surface area (Å²) < 4.78 is 0.886. The Hall–Kier alpha value is -1.60. The molecule has 3 aromatic rings. The first kappa shape index (κ1) is 18.2. The van der Waals surface area contributed by atoms with E-state index in [2.05, 4.69) is 15.5 Å². The Labute approximate surface area is 163 Å². The molecule has 0 bridgehead atoms. The summed E-state index contributed by atoms with van der Waals surface area (Å²) in [5.41, 5.74) is 3.36. The maximum Gasteiger partial charge on any atom is 0.224 e. The zero-order chi connectivity index (χ0) is 17.6. The largest absolute Gasteiger partial charge is 0.326 e. The third-order valence-electron chi connectivity index (χ3n) is 3.32. The summed E-state index contributed by atoms with van der Waals surface area (Å²) in [5.74, 6) is -0.0597. The molecule has 0 radical (unpaired) electrons. The minimum Gasteiger partial charge on any atom is -0.326 e. The number of rotatable bonds is 6. The predicted molar refractivity (Wildman–Crippen MR) is 104 cm³/mol. The molecule has 3 rings (SSSR count). The minimum absolute atomic E-state index is 0.0597. The second kappa shape index (κ2) is 8.67. The number of nitrogens with zero attached hydrogens (tertiary/aromatic N) is 2. The lowest BCUT2D eigenvalue weighted by molar-refractivity contribution is -0.116. The summed E-state index contributed by atoms with van der Waals surface area (Å²) in [6, 6.07) is 12.9. The zero-order valence-corrected chi connectivity index (χ0v) is 16.1. The van der Waals surface area contributed by atoms with Crippen molar-refractivity contribution in [2.24, 2.45) is 0 Å². The molecule has 25 heavy (non-hydrogen) atoms. The monoisotopic (exact) mass is 409 g/mol. The number of carbonyl (C=O) groups is 1. The van der Waals surface area contributed by atoms with Crippen molar-refractivity contribution >= 4 is 57.9 Å². The SMILES string of the molecule is O=C(CCc1ccc(Cl)cc1Cl)Nc1ccc(Sc2nncs2)cc1. The molecule has 1 heterocycles. The third-order valence-corrected chi connectivity index (χ3v) is 5.69. The van der Waals surface area contributed by atoms with E-state index in [0.29, 0.717) is 22.9 Å². The number of hydrogen-bond donors (Lipinski definition) is 1. The topological polar surface area (TPSA) is 54.9 Å². The molecule has 0 aliphatic rings. The molecule has 8 heteroatoms. The van der Waals surface area contributed by atoms with Gasteiger partial charge in [0.2, 0.25) is 5.91 Å². The standard InChI is InChI=1S/C17H13Cl2N3OS2/c18-12-3-1-11(15(19)9-12)2-8-16(23)21-13-4-6-14(7-5-13)25-17-22-20-10-24-17/h1,3-7,9-10H,2,8H2,(H,21,23). The van der Waals surface area contributed by atoms with Gasteiger partial charge in [0.25, 0.3) is 0 Å². The van der Waals surface area contributed by atoms with Crippen LogP contribution in [0.3, 0.4) is 0 Å². The number of amides is 1. The van der Waals surface area contributed by atoms with Crippen molar-refractivity contribution < 1.29 is 4.79 Å². The number of aryl methyl sites for hydroxylation is 1. The zero-order valence-electron chi connectivity index (χ0n) is 12.9. The number of carbonyl (C=O) groups excluding carboxylic acids is 1. The number of anilines is 1. The highest BCUT2D eigenvalue weighted by molar-refractivity contribution is 8.01. The number of benzene rings is 2. The fourth-order valence-corrected chi connectivity index (χ4v) is 4.06. The van der Waals surface area contributed by atoms with Gasteiger partial charge >= 0.3 is 0 Å². The van der Waals surface area contributed by atoms with Crippen LogP contribution in [0.1, 0.15) is 12.0 Å². The Kier molecular flexibility index (Phi) is 6.31. The molecule has 1 N–H and O–H groups in total. The van der Waals surface area contributed by atoms with Crippen LogP contribution in [0.2, 0.25) is 10.0 Å². The smallest absolute Gasteiger partial charge is 0.224 e. The summed E-state index contributed by atoms with van der Waals surface area (Å²) in [6.07, 6.45) is 0.912. The molecule has 0 atom stereocenters. The lowest BCUT2D eigenvalue weighted by Crippen LogP contribution is -2.12. The molecule has 0 fully saturated rings. The molecular formula is C17H13Cl2N3OS2. The molecule has 0 saturated carbocycles. The van der Waals surface area contributed by atoms with E-state index >= 15 is 0 Å². The van der Waals surface area contributed by atoms with Gasteiger partial charge in [0.05, 0.1) is 0 Å². The Morgan fingerprint density at radius 3 is 2.64 bits per heavy atom. The van der Waals surface area contributed by atoms with Crippen LogP contribution in [0.25, 0.3) is 0 Å². The number of nitrogens with one attached hydrogen (secondary N) is 1. The Morgan fingerprint density at radius 1 is 1.16 bits per heavy atom. The maximum atomic E-state index is 12.1. The van der Waals surface area contributed by atoms with Crippen LogP contribution < -0.4 is 5.32 Å². The van der Waals surface area contributed by atoms with Crippen molar-refractivity contribution in [2.45, 2.75) is 22.1 Å². The number of hydrogen-bond acceptors (Lipinski definition) is 5. The van der Waals surface area contributed by atoms with Gasteiger partial charge in [-0.1, -0.05) is 52.4 Å². The van der Waals surface area contributed by atoms with Crippen LogP contribution in [0, 0.1) is 0 Å². The van der Waals surface area contributed by atoms with E-state index in [1.165, 1.54) is 23.1 Å². The molecule has 0 aliphatic carbocycles. The van der Waals surface area contributed by atoms with Crippen LogP contribution in [0.15, 0.2) is 57.2 Å². The first-order valence-corrected chi connectivity index (χ1v) is 9.83. The lowest BCUT2D eigenvalue weighted by atomic mass is 10.1. The average Bonchev–Trinajstić information content (AvgIpc) is 3.09. The van der Waals surface area contributed by atoms with E-state index in [1.54, 1.807) is 17.6 Å². The van der Waals surface area contributed by atoms with Gasteiger partial charge in [0.1, 0.15) is 5.51 Å². The van der Waals surface area contributed by atoms with E-state index in [0.717, 1.165) is 20.5 Å². The van der Waals surface area contributed by atoms with Gasteiger partial charge in [-0.2, -0.15) is 0 Å². The van der Waals surface area contributed by atoms with Crippen LogP contribution in [-0.2, 0) is 11.2 Å². The van der Waals surface area contributed by atoms with E-state index in [-0.39, 0.29) is 5.91 Å². The predicted octanol–water partition coefficient (Wildman–Crippen LogP) is 5.57. The molecule has 128 valence electrons. The molecule has 1 amide bonds. The maximum absolute atomic E-state index is 12.1. The molecule has 0 spiro atoms. The molecule has 0 unspecified atom stereocenters. The van der Waals surface area contributed by atoms with E-state index in [9.17, 15) is 4.79 Å². The van der Waals surface area contributed by atoms with Gasteiger partial charge in [-0.25, -0.2) is 0 Å². The molecule has 2 aromatic carbocycles. The fourth-order valence-electron chi connectivity index (χ4n) is 2.11. The second-order valence-corrected chi connectivity index (χ2v) is 8.11. The second-order valence-electron chi connectivity index (χ2n) is 5.11. The van der Waals surface area contributed by atoms with Crippen LogP contribution in [0.5, 0.6) is 0 Å². The summed E-state index contributed by atoms with van der Waals surface area (Å²) in [4.78, 5) is 13.1. The lowest BCUT2D eigenvalue weighted by Gasteiger charge is -2.07. The van der Waals surface area contributed by atoms with Crippen molar-refractivity contribution in [1.82, 2.24) is 10.2 Å². The fraction of sp³-hybridized carbons (Fsp3) is 0.118. The summed E-state index contributed by atoms with van der Waals surface area (Å²) >= 11 is 15.0. The van der Waals surface area contributed by atoms with E-state index in [1.807, 2.05) is 30.3 Å². The quantitative estimate of drug-likeness (QED) is 0.578. The first-order chi connectivity index (χ1) is 12.1. The van der Waals surface area contributed by atoms with Crippen molar-refractivity contribution in [3.63, 3.8) is 0 Å². The highest BCUT2D eigenvalue weighted by Crippen LogP contribution is 2.29. The van der Waals surface area contributed by atoms with Crippen LogP contribution in [-0.4, -0.2) is 16.1 Å². The Balaban J connectivity index is 1.52. The van der Waals surface area contributed by atoms with Crippen LogP contribution >= 0.6 is 46.3 Å². The third kappa shape index (κ3) is 5.44. The molecular weight excluding hydrogens is 397 g/mol. The molecule has 0 saturated heterocycles. The summed E-state index contributed by atoms with van der Waals surface area (Å²) in [5, 5.41) is 11.9. The Morgan fingerprint density at radius 2 is 1.96 bits per heavy atom. The van der Waals surface area contributed by atoms with Crippen LogP contribution in [0.4, 0.5) is 5.69 Å². The van der Waals surface area contributed by atoms with Gasteiger partial charge in [-0.05, 0) is 48.4 Å². The average molecular weight is 410 g/mol. The van der Waals surface area contributed by atoms with Crippen molar-refractivity contribution in [1.29, 1.82) is 0 Å². The van der Waals surface area contributed by atoms with E-state index < -0.39 is 0 Å². The number of halogens is 2. The van der Waals surface area contributed by atoms with Crippen molar-refractivity contribution in [2.75, 3.05) is 5.32 Å². The molecule has 4 nitrogen and oxygen atoms in total. The van der Waals surface area contributed by atoms with Gasteiger partial charge in [-0.3, -0.25) is 4.79 Å². The van der Waals surface area contributed by atoms with Crippen molar-refractivity contribution in [3.8, 4) is 0 Å². The number of aromatic nitrogens is 2. The first-order valence-electron chi connectivity index (χ1n) is 7.38. The minimum atomic E-state index is -0.0597. The highest BCUT2D eigenvalue weighted by Gasteiger charge is 2.07. The normalized spacial score (nSPS) is 10.6. The summed E-state index contributed by atoms with van der Waals surface area (Å²) in [7, 11) is 0. The Bertz CT molecular complexity index is 855. The van der Waals surface area contributed by atoms with Gasteiger partial charge in [0, 0.05) is 27.0 Å². The van der Waals surface area contributed by atoms with Gasteiger partial charge < -0.3 is 5.32 Å².